The summed E-state index contributed by atoms with van der Waals surface area (Å²) in [6.07, 6.45) is 0. The molecule has 5 aromatic rings. The second-order valence-corrected chi connectivity index (χ2v) is 9.45. The summed E-state index contributed by atoms with van der Waals surface area (Å²) < 4.78 is 18.1. The van der Waals surface area contributed by atoms with E-state index in [1.165, 1.54) is 18.8 Å². The van der Waals surface area contributed by atoms with Crippen molar-refractivity contribution in [1.29, 1.82) is 0 Å². The molecule has 0 bridgehead atoms. The molecule has 0 aliphatic carbocycles. The molecule has 0 aliphatic rings. The van der Waals surface area contributed by atoms with Crippen molar-refractivity contribution in [3.63, 3.8) is 0 Å². The van der Waals surface area contributed by atoms with Gasteiger partial charge in [-0.05, 0) is 35.9 Å². The van der Waals surface area contributed by atoms with Gasteiger partial charge < -0.3 is 23.6 Å². The highest BCUT2D eigenvalue weighted by Gasteiger charge is 2.24. The average molecular weight is 522 g/mol. The quantitative estimate of drug-likeness (QED) is 0.287. The Balaban J connectivity index is 1.84. The predicted molar refractivity (Wildman–Crippen MR) is 140 cm³/mol. The number of aromatic hydroxyl groups is 1. The molecule has 9 heteroatoms. The summed E-state index contributed by atoms with van der Waals surface area (Å²) >= 11 is 6.95. The van der Waals surface area contributed by atoms with Crippen molar-refractivity contribution in [2.75, 3.05) is 14.2 Å². The molecule has 0 saturated heterocycles. The van der Waals surface area contributed by atoms with Gasteiger partial charge in [0.15, 0.2) is 22.8 Å². The van der Waals surface area contributed by atoms with Gasteiger partial charge in [0.25, 0.3) is 5.56 Å². The van der Waals surface area contributed by atoms with Crippen LogP contribution in [0.2, 0.25) is 5.02 Å². The second kappa shape index (κ2) is 9.64. The molecule has 0 amide bonds. The summed E-state index contributed by atoms with van der Waals surface area (Å²) in [6.45, 7) is 0.222. The number of fused-ring (bicyclic) bond motifs is 3. The van der Waals surface area contributed by atoms with E-state index in [1.54, 1.807) is 36.4 Å². The average Bonchev–Trinajstić information content (AvgIpc) is 2.89. The maximum atomic E-state index is 13.8. The van der Waals surface area contributed by atoms with E-state index in [-0.39, 0.29) is 22.4 Å². The van der Waals surface area contributed by atoms with E-state index in [4.69, 9.17) is 25.5 Å². The number of benzene rings is 3. The molecule has 0 aliphatic heterocycles. The van der Waals surface area contributed by atoms with Gasteiger partial charge in [0.1, 0.15) is 10.3 Å². The normalized spacial score (nSPS) is 11.2. The van der Waals surface area contributed by atoms with Gasteiger partial charge in [-0.1, -0.05) is 53.7 Å². The third-order valence-corrected chi connectivity index (χ3v) is 7.10. The van der Waals surface area contributed by atoms with Gasteiger partial charge in [0, 0.05) is 21.4 Å². The lowest BCUT2D eigenvalue weighted by molar-refractivity contribution is 0.355. The van der Waals surface area contributed by atoms with Gasteiger partial charge in [-0.2, -0.15) is 0 Å². The van der Waals surface area contributed by atoms with Crippen molar-refractivity contribution in [1.82, 2.24) is 4.57 Å². The number of methoxy groups -OCH3 is 2. The minimum atomic E-state index is -0.767. The Morgan fingerprint density at radius 3 is 2.31 bits per heavy atom. The Morgan fingerprint density at radius 2 is 1.64 bits per heavy atom. The first-order valence-corrected chi connectivity index (χ1v) is 12.1. The van der Waals surface area contributed by atoms with Crippen molar-refractivity contribution in [2.24, 2.45) is 0 Å². The fourth-order valence-corrected chi connectivity index (χ4v) is 5.00. The van der Waals surface area contributed by atoms with Crippen molar-refractivity contribution in [2.45, 2.75) is 16.3 Å². The fraction of sp³-hybridized carbons (Fsp3) is 0.111. The third-order valence-electron chi connectivity index (χ3n) is 5.77. The molecule has 0 fully saturated rings. The number of pyridine rings is 1. The zero-order valence-electron chi connectivity index (χ0n) is 19.3. The molecular formula is C27H20ClNO6S. The van der Waals surface area contributed by atoms with Crippen molar-refractivity contribution in [3.8, 4) is 17.2 Å². The lowest BCUT2D eigenvalue weighted by Crippen LogP contribution is -2.23. The SMILES string of the molecule is COc1cc2c3oc(=O)c(Sc4ccc(Cl)cc4)c(O)c3c(=O)n(Cc3ccccc3)c2cc1OC. The Kier molecular flexibility index (Phi) is 6.38. The highest BCUT2D eigenvalue weighted by molar-refractivity contribution is 7.99. The van der Waals surface area contributed by atoms with E-state index in [0.717, 1.165) is 17.3 Å². The summed E-state index contributed by atoms with van der Waals surface area (Å²) in [5.74, 6) is 0.356. The molecule has 0 radical (unpaired) electrons. The predicted octanol–water partition coefficient (Wildman–Crippen LogP) is 5.68. The van der Waals surface area contributed by atoms with E-state index in [1.807, 2.05) is 30.3 Å². The summed E-state index contributed by atoms with van der Waals surface area (Å²) in [4.78, 5) is 27.4. The maximum Gasteiger partial charge on any atom is 0.354 e. The van der Waals surface area contributed by atoms with Crippen LogP contribution >= 0.6 is 23.4 Å². The molecule has 5 rings (SSSR count). The van der Waals surface area contributed by atoms with Gasteiger partial charge in [0.2, 0.25) is 0 Å². The number of halogens is 1. The Morgan fingerprint density at radius 1 is 0.972 bits per heavy atom. The van der Waals surface area contributed by atoms with Gasteiger partial charge in [-0.15, -0.1) is 0 Å². The van der Waals surface area contributed by atoms with Crippen molar-refractivity contribution in [3.05, 3.63) is 98.1 Å². The topological polar surface area (TPSA) is 90.9 Å². The van der Waals surface area contributed by atoms with Crippen LogP contribution in [0.4, 0.5) is 0 Å². The number of hydrogen-bond acceptors (Lipinski definition) is 7. The smallest absolute Gasteiger partial charge is 0.354 e. The highest BCUT2D eigenvalue weighted by Crippen LogP contribution is 2.40. The first-order chi connectivity index (χ1) is 17.4. The third kappa shape index (κ3) is 4.19. The largest absolute Gasteiger partial charge is 0.505 e. The lowest BCUT2D eigenvalue weighted by atomic mass is 10.1. The van der Waals surface area contributed by atoms with Crippen LogP contribution in [0.15, 0.2) is 90.5 Å². The first kappa shape index (κ1) is 23.8. The van der Waals surface area contributed by atoms with E-state index >= 15 is 0 Å². The molecule has 2 heterocycles. The molecule has 182 valence electrons. The fourth-order valence-electron chi connectivity index (χ4n) is 4.05. The first-order valence-electron chi connectivity index (χ1n) is 10.9. The van der Waals surface area contributed by atoms with Crippen molar-refractivity contribution >= 4 is 45.2 Å². The standard InChI is InChI=1S/C27H20ClNO6S/c1-33-20-12-18-19(13-21(20)34-2)29(14-15-6-4-3-5-7-15)26(31)22-23(30)25(27(32)35-24(18)22)36-17-10-8-16(28)9-11-17/h3-13,30H,14H2,1-2H3. The number of hydrogen-bond donors (Lipinski definition) is 1. The van der Waals surface area contributed by atoms with Crippen LogP contribution in [0.5, 0.6) is 17.2 Å². The van der Waals surface area contributed by atoms with Crippen LogP contribution in [-0.4, -0.2) is 23.9 Å². The van der Waals surface area contributed by atoms with E-state index in [0.29, 0.717) is 32.3 Å². The molecule has 0 atom stereocenters. The molecule has 0 spiro atoms. The molecular weight excluding hydrogens is 502 g/mol. The number of rotatable bonds is 6. The summed E-state index contributed by atoms with van der Waals surface area (Å²) in [6, 6.07) is 19.5. The second-order valence-electron chi connectivity index (χ2n) is 7.93. The zero-order chi connectivity index (χ0) is 25.4. The van der Waals surface area contributed by atoms with E-state index in [2.05, 4.69) is 0 Å². The summed E-state index contributed by atoms with van der Waals surface area (Å²) in [5.41, 5.74) is 0.0459. The van der Waals surface area contributed by atoms with E-state index < -0.39 is 16.9 Å². The molecule has 3 aromatic carbocycles. The molecule has 0 saturated carbocycles. The van der Waals surface area contributed by atoms with Gasteiger partial charge in [0.05, 0.1) is 26.3 Å². The number of aromatic nitrogens is 1. The number of ether oxygens (including phenoxy) is 2. The highest BCUT2D eigenvalue weighted by atomic mass is 35.5. The van der Waals surface area contributed by atoms with Crippen molar-refractivity contribution < 1.29 is 19.0 Å². The summed E-state index contributed by atoms with van der Waals surface area (Å²) in [5, 5.41) is 12.1. The molecule has 7 nitrogen and oxygen atoms in total. The zero-order valence-corrected chi connectivity index (χ0v) is 20.9. The Bertz CT molecular complexity index is 1710. The molecule has 0 unspecified atom stereocenters. The van der Waals surface area contributed by atoms with Gasteiger partial charge >= 0.3 is 5.63 Å². The van der Waals surface area contributed by atoms with Crippen LogP contribution < -0.4 is 20.7 Å². The van der Waals surface area contributed by atoms with Gasteiger partial charge in [-0.3, -0.25) is 4.79 Å². The van der Waals surface area contributed by atoms with Crippen LogP contribution in [-0.2, 0) is 6.54 Å². The number of nitrogens with zero attached hydrogens (tertiary/aromatic N) is 1. The van der Waals surface area contributed by atoms with E-state index in [9.17, 15) is 14.7 Å². The van der Waals surface area contributed by atoms with Crippen LogP contribution in [0.1, 0.15) is 5.56 Å². The molecule has 36 heavy (non-hydrogen) atoms. The minimum Gasteiger partial charge on any atom is -0.505 e. The van der Waals surface area contributed by atoms with Gasteiger partial charge in [-0.25, -0.2) is 4.79 Å². The molecule has 2 aromatic heterocycles. The maximum absolute atomic E-state index is 13.8. The monoisotopic (exact) mass is 521 g/mol. The lowest BCUT2D eigenvalue weighted by Gasteiger charge is -2.16. The van der Waals surface area contributed by atoms with Crippen LogP contribution in [0, 0.1) is 0 Å². The Labute approximate surface area is 214 Å². The summed E-state index contributed by atoms with van der Waals surface area (Å²) in [7, 11) is 2.98. The van der Waals surface area contributed by atoms with Crippen LogP contribution in [0.3, 0.4) is 0 Å². The van der Waals surface area contributed by atoms with Crippen LogP contribution in [0.25, 0.3) is 21.9 Å². The Hall–Kier alpha value is -3.88. The molecule has 1 N–H and O–H groups in total. The minimum absolute atomic E-state index is 0.0248.